The molecule has 1 atom stereocenters. The van der Waals surface area contributed by atoms with Crippen LogP contribution in [0.1, 0.15) is 63.8 Å². The number of amides is 1. The van der Waals surface area contributed by atoms with Crippen molar-refractivity contribution >= 4 is 22.9 Å². The van der Waals surface area contributed by atoms with Crippen LogP contribution in [0.25, 0.3) is 28.2 Å². The molecule has 0 saturated carbocycles. The van der Waals surface area contributed by atoms with Gasteiger partial charge in [0.2, 0.25) is 5.95 Å². The van der Waals surface area contributed by atoms with Gasteiger partial charge in [-0.25, -0.2) is 19.2 Å². The number of benzene rings is 1. The number of fused-ring (bicyclic) bond motifs is 1. The van der Waals surface area contributed by atoms with Crippen LogP contribution in [0.2, 0.25) is 0 Å². The fourth-order valence-electron chi connectivity index (χ4n) is 6.31. The molecule has 0 bridgehead atoms. The van der Waals surface area contributed by atoms with Crippen molar-refractivity contribution in [3.05, 3.63) is 47.3 Å². The van der Waals surface area contributed by atoms with E-state index >= 15 is 13.2 Å². The molecule has 0 unspecified atom stereocenters. The molecule has 1 N–H and O–H groups in total. The van der Waals surface area contributed by atoms with Gasteiger partial charge < -0.3 is 24.4 Å². The summed E-state index contributed by atoms with van der Waals surface area (Å²) in [7, 11) is 0. The van der Waals surface area contributed by atoms with Gasteiger partial charge in [-0.15, -0.1) is 0 Å². The molecule has 3 aromatic heterocycles. The van der Waals surface area contributed by atoms with Crippen LogP contribution in [0, 0.1) is 12.7 Å². The van der Waals surface area contributed by atoms with Gasteiger partial charge in [0.1, 0.15) is 29.7 Å². The third-order valence-electron chi connectivity index (χ3n) is 8.46. The number of likely N-dealkylation sites (tertiary alicyclic amines) is 1. The van der Waals surface area contributed by atoms with Crippen LogP contribution in [-0.2, 0) is 22.3 Å². The van der Waals surface area contributed by atoms with Crippen molar-refractivity contribution in [1.82, 2.24) is 34.2 Å². The zero-order chi connectivity index (χ0) is 34.5. The van der Waals surface area contributed by atoms with Crippen molar-refractivity contribution in [2.75, 3.05) is 37.7 Å². The highest BCUT2D eigenvalue weighted by Gasteiger charge is 2.43. The van der Waals surface area contributed by atoms with Crippen molar-refractivity contribution in [2.24, 2.45) is 0 Å². The molecular formula is C32H38F4N8O4. The summed E-state index contributed by atoms with van der Waals surface area (Å²) in [5, 5.41) is 14.6. The SMILES string of the molecule is Cc1nn(C2CCN(C(=O)OC(C)(C)C)CC2)c(C(F)(F)F)c1-c1cc(N2CCOC[C@H]2C)nc(-n2c(CO)nc3cc(F)ccc32)n1. The monoisotopic (exact) mass is 674 g/mol. The number of piperidine rings is 1. The van der Waals surface area contributed by atoms with Gasteiger partial charge in [0.05, 0.1) is 53.3 Å². The molecule has 2 fully saturated rings. The number of aliphatic hydroxyl groups is 1. The molecule has 0 radical (unpaired) electrons. The molecule has 2 aliphatic heterocycles. The van der Waals surface area contributed by atoms with E-state index in [1.54, 1.807) is 20.8 Å². The third-order valence-corrected chi connectivity index (χ3v) is 8.46. The molecule has 6 rings (SSSR count). The predicted molar refractivity (Wildman–Crippen MR) is 167 cm³/mol. The lowest BCUT2D eigenvalue weighted by atomic mass is 10.0. The van der Waals surface area contributed by atoms with Crippen LogP contribution < -0.4 is 4.90 Å². The number of alkyl halides is 3. The van der Waals surface area contributed by atoms with E-state index in [0.29, 0.717) is 31.1 Å². The van der Waals surface area contributed by atoms with Gasteiger partial charge in [-0.2, -0.15) is 23.3 Å². The predicted octanol–water partition coefficient (Wildman–Crippen LogP) is 5.43. The first kappa shape index (κ1) is 33.6. The van der Waals surface area contributed by atoms with Crippen LogP contribution in [-0.4, -0.2) is 89.9 Å². The Kier molecular flexibility index (Phi) is 8.83. The van der Waals surface area contributed by atoms with Crippen LogP contribution >= 0.6 is 0 Å². The smallest absolute Gasteiger partial charge is 0.433 e. The van der Waals surface area contributed by atoms with Gasteiger partial charge in [0.15, 0.2) is 5.69 Å². The Morgan fingerprint density at radius 2 is 1.81 bits per heavy atom. The lowest BCUT2D eigenvalue weighted by molar-refractivity contribution is -0.144. The second kappa shape index (κ2) is 12.6. The lowest BCUT2D eigenvalue weighted by Crippen LogP contribution is -2.44. The molecule has 16 heteroatoms. The molecule has 0 spiro atoms. The first-order valence-corrected chi connectivity index (χ1v) is 15.8. The number of carbonyl (C=O) groups excluding carboxylic acids is 1. The first-order valence-electron chi connectivity index (χ1n) is 15.8. The number of morpholine rings is 1. The maximum atomic E-state index is 15.1. The normalized spacial score (nSPS) is 18.2. The number of nitrogens with zero attached hydrogens (tertiary/aromatic N) is 8. The summed E-state index contributed by atoms with van der Waals surface area (Å²) in [6.07, 6.45) is -4.84. The number of ether oxygens (including phenoxy) is 2. The van der Waals surface area contributed by atoms with Crippen molar-refractivity contribution in [3.63, 3.8) is 0 Å². The first-order chi connectivity index (χ1) is 22.6. The van der Waals surface area contributed by atoms with Crippen LogP contribution in [0.15, 0.2) is 24.3 Å². The highest BCUT2D eigenvalue weighted by atomic mass is 19.4. The number of halogens is 4. The van der Waals surface area contributed by atoms with Gasteiger partial charge in [-0.3, -0.25) is 9.25 Å². The Bertz CT molecular complexity index is 1830. The largest absolute Gasteiger partial charge is 0.444 e. The van der Waals surface area contributed by atoms with Gasteiger partial charge in [-0.1, -0.05) is 0 Å². The molecule has 1 amide bonds. The summed E-state index contributed by atoms with van der Waals surface area (Å²) < 4.78 is 72.9. The molecule has 258 valence electrons. The van der Waals surface area contributed by atoms with E-state index < -0.39 is 42.0 Å². The second-order valence-corrected chi connectivity index (χ2v) is 13.1. The number of carbonyl (C=O) groups is 1. The minimum absolute atomic E-state index is 0.0243. The zero-order valence-electron chi connectivity index (χ0n) is 27.4. The topological polar surface area (TPSA) is 124 Å². The summed E-state index contributed by atoms with van der Waals surface area (Å²) in [5.74, 6) is -0.132. The fourth-order valence-corrected chi connectivity index (χ4v) is 6.31. The molecule has 2 saturated heterocycles. The summed E-state index contributed by atoms with van der Waals surface area (Å²) in [4.78, 5) is 29.8. The number of imidazole rings is 1. The fraction of sp³-hybridized carbons (Fsp3) is 0.531. The van der Waals surface area contributed by atoms with E-state index in [1.165, 1.54) is 40.7 Å². The standard InChI is InChI=1S/C32H38F4N8O4/c1-18-17-47-13-12-42(18)25-15-23(38-29(39-25)43-24-7-6-20(33)14-22(24)37-26(43)16-45)27-19(2)40-44(28(27)32(34,35)36)21-8-10-41(11-9-21)30(46)48-31(3,4)5/h6-7,14-15,18,21,45H,8-13,16-17H2,1-5H3/t18-/m1/s1. The number of aryl methyl sites for hydroxylation is 1. The summed E-state index contributed by atoms with van der Waals surface area (Å²) in [6, 6.07) is 4.60. The zero-order valence-corrected chi connectivity index (χ0v) is 27.4. The number of rotatable bonds is 5. The van der Waals surface area contributed by atoms with Crippen molar-refractivity contribution < 1.29 is 36.9 Å². The lowest BCUT2D eigenvalue weighted by Gasteiger charge is -2.34. The van der Waals surface area contributed by atoms with E-state index in [-0.39, 0.29) is 66.2 Å². The average Bonchev–Trinajstić information content (AvgIpc) is 3.57. The second-order valence-electron chi connectivity index (χ2n) is 13.1. The average molecular weight is 675 g/mol. The number of anilines is 1. The maximum Gasteiger partial charge on any atom is 0.433 e. The molecule has 5 heterocycles. The highest BCUT2D eigenvalue weighted by Crippen LogP contribution is 2.42. The Hall–Kier alpha value is -4.31. The van der Waals surface area contributed by atoms with Crippen molar-refractivity contribution in [1.29, 1.82) is 0 Å². The number of aromatic nitrogens is 6. The molecule has 4 aromatic rings. The minimum Gasteiger partial charge on any atom is -0.444 e. The van der Waals surface area contributed by atoms with Gasteiger partial charge in [0, 0.05) is 31.8 Å². The Morgan fingerprint density at radius 1 is 1.08 bits per heavy atom. The third kappa shape index (κ3) is 6.55. The van der Waals surface area contributed by atoms with E-state index in [4.69, 9.17) is 14.5 Å². The van der Waals surface area contributed by atoms with Crippen molar-refractivity contribution in [3.8, 4) is 17.2 Å². The van der Waals surface area contributed by atoms with E-state index in [2.05, 4.69) is 15.1 Å². The number of hydrogen-bond acceptors (Lipinski definition) is 9. The quantitative estimate of drug-likeness (QED) is 0.276. The van der Waals surface area contributed by atoms with E-state index in [1.807, 2.05) is 11.8 Å². The minimum atomic E-state index is -4.81. The summed E-state index contributed by atoms with van der Waals surface area (Å²) in [5.41, 5.74) is -1.17. The molecule has 0 aliphatic carbocycles. The summed E-state index contributed by atoms with van der Waals surface area (Å²) >= 11 is 0. The Labute approximate surface area is 274 Å². The molecular weight excluding hydrogens is 636 g/mol. The number of hydrogen-bond donors (Lipinski definition) is 1. The van der Waals surface area contributed by atoms with Crippen molar-refractivity contribution in [2.45, 2.75) is 77.9 Å². The summed E-state index contributed by atoms with van der Waals surface area (Å²) in [6.45, 7) is 9.76. The number of aliphatic hydroxyl groups excluding tert-OH is 1. The highest BCUT2D eigenvalue weighted by molar-refractivity contribution is 5.78. The van der Waals surface area contributed by atoms with Gasteiger partial charge >= 0.3 is 12.3 Å². The molecule has 2 aliphatic rings. The van der Waals surface area contributed by atoms with Crippen LogP contribution in [0.3, 0.4) is 0 Å². The van der Waals surface area contributed by atoms with E-state index in [9.17, 15) is 14.3 Å². The molecule has 1 aromatic carbocycles. The Balaban J connectivity index is 1.47. The Morgan fingerprint density at radius 3 is 2.46 bits per heavy atom. The maximum absolute atomic E-state index is 15.1. The van der Waals surface area contributed by atoms with Crippen LogP contribution in [0.4, 0.5) is 28.2 Å². The molecule has 48 heavy (non-hydrogen) atoms. The molecule has 12 nitrogen and oxygen atoms in total. The van der Waals surface area contributed by atoms with Gasteiger partial charge in [-0.05, 0) is 59.6 Å². The van der Waals surface area contributed by atoms with Crippen LogP contribution in [0.5, 0.6) is 0 Å². The van der Waals surface area contributed by atoms with Gasteiger partial charge in [0.25, 0.3) is 0 Å². The van der Waals surface area contributed by atoms with E-state index in [0.717, 1.165) is 4.68 Å².